The minimum atomic E-state index is -0.121. The number of aromatic hydroxyl groups is 1. The van der Waals surface area contributed by atoms with Gasteiger partial charge in [-0.15, -0.1) is 0 Å². The summed E-state index contributed by atoms with van der Waals surface area (Å²) < 4.78 is 6.25. The van der Waals surface area contributed by atoms with Gasteiger partial charge >= 0.3 is 0 Å². The van der Waals surface area contributed by atoms with Gasteiger partial charge in [0.25, 0.3) is 0 Å². The van der Waals surface area contributed by atoms with Gasteiger partial charge in [0.1, 0.15) is 9.86 Å². The van der Waals surface area contributed by atoms with Crippen LogP contribution < -0.4 is 4.84 Å². The highest BCUT2D eigenvalue weighted by Gasteiger charge is 2.47. The SMILES string of the molecule is CCC1(CC)c2cc(O)ccc2CC(OC(C)I)C1NCl. The van der Waals surface area contributed by atoms with Crippen molar-refractivity contribution >= 4 is 34.4 Å². The van der Waals surface area contributed by atoms with Gasteiger partial charge in [-0.1, -0.05) is 42.5 Å². The van der Waals surface area contributed by atoms with E-state index >= 15 is 0 Å². The number of hydrogen-bond donors (Lipinski definition) is 2. The van der Waals surface area contributed by atoms with Gasteiger partial charge in [0.15, 0.2) is 0 Å². The van der Waals surface area contributed by atoms with Crippen LogP contribution in [0.5, 0.6) is 5.75 Å². The molecule has 0 heterocycles. The molecule has 2 N–H and O–H groups in total. The zero-order valence-corrected chi connectivity index (χ0v) is 15.6. The monoisotopic (exact) mass is 423 g/mol. The maximum absolute atomic E-state index is 9.90. The number of benzene rings is 1. The number of nitrogens with one attached hydrogen (secondary N) is 1. The van der Waals surface area contributed by atoms with Gasteiger partial charge in [0.2, 0.25) is 0 Å². The van der Waals surface area contributed by atoms with Gasteiger partial charge in [-0.2, -0.15) is 0 Å². The molecule has 3 atom stereocenters. The second-order valence-electron chi connectivity index (χ2n) is 5.71. The molecule has 118 valence electrons. The molecule has 21 heavy (non-hydrogen) atoms. The number of ether oxygens (including phenoxy) is 1. The molecule has 1 aliphatic rings. The molecule has 3 nitrogen and oxygen atoms in total. The van der Waals surface area contributed by atoms with Gasteiger partial charge in [-0.3, -0.25) is 0 Å². The quantitative estimate of drug-likeness (QED) is 0.422. The molecule has 3 unspecified atom stereocenters. The summed E-state index contributed by atoms with van der Waals surface area (Å²) in [6.45, 7) is 6.39. The Bertz CT molecular complexity index is 491. The highest BCUT2D eigenvalue weighted by Crippen LogP contribution is 2.45. The van der Waals surface area contributed by atoms with Crippen molar-refractivity contribution in [2.45, 2.75) is 61.7 Å². The minimum Gasteiger partial charge on any atom is -0.508 e. The molecule has 1 aromatic rings. The van der Waals surface area contributed by atoms with Gasteiger partial charge in [0.05, 0.1) is 12.1 Å². The van der Waals surface area contributed by atoms with Crippen LogP contribution in [0, 0.1) is 0 Å². The standard InChI is InChI=1S/C16H23ClINO2/c1-4-16(5-2)13-9-12(20)7-6-11(13)8-14(15(16)19-17)21-10(3)18/h6-7,9-10,14-15,19-20H,4-5,8H2,1-3H3. The van der Waals surface area contributed by atoms with Crippen LogP contribution in [0.2, 0.25) is 0 Å². The van der Waals surface area contributed by atoms with Crippen molar-refractivity contribution in [1.29, 1.82) is 0 Å². The summed E-state index contributed by atoms with van der Waals surface area (Å²) in [6.07, 6.45) is 2.74. The van der Waals surface area contributed by atoms with E-state index < -0.39 is 0 Å². The van der Waals surface area contributed by atoms with E-state index in [-0.39, 0.29) is 21.7 Å². The van der Waals surface area contributed by atoms with E-state index in [4.69, 9.17) is 16.5 Å². The van der Waals surface area contributed by atoms with Crippen LogP contribution in [0.4, 0.5) is 0 Å². The van der Waals surface area contributed by atoms with E-state index in [0.29, 0.717) is 5.75 Å². The van der Waals surface area contributed by atoms with Crippen molar-refractivity contribution in [3.63, 3.8) is 0 Å². The van der Waals surface area contributed by atoms with Crippen LogP contribution in [0.25, 0.3) is 0 Å². The molecule has 0 bridgehead atoms. The lowest BCUT2D eigenvalue weighted by molar-refractivity contribution is -0.00121. The second kappa shape index (κ2) is 7.02. The van der Waals surface area contributed by atoms with E-state index in [9.17, 15) is 5.11 Å². The lowest BCUT2D eigenvalue weighted by Crippen LogP contribution is -2.57. The topological polar surface area (TPSA) is 41.5 Å². The van der Waals surface area contributed by atoms with Gasteiger partial charge < -0.3 is 9.84 Å². The first-order chi connectivity index (χ1) is 9.98. The molecule has 0 spiro atoms. The zero-order chi connectivity index (χ0) is 15.6. The number of phenolic OH excluding ortho intramolecular Hbond substituents is 1. The molecule has 0 saturated carbocycles. The molecule has 0 aliphatic heterocycles. The molecule has 0 radical (unpaired) electrons. The third-order valence-corrected chi connectivity index (χ3v) is 5.29. The Labute approximate surface area is 145 Å². The summed E-state index contributed by atoms with van der Waals surface area (Å²) in [5.74, 6) is 0.315. The maximum atomic E-state index is 9.90. The second-order valence-corrected chi connectivity index (χ2v) is 7.69. The molecular weight excluding hydrogens is 401 g/mol. The van der Waals surface area contributed by atoms with Crippen LogP contribution in [0.15, 0.2) is 18.2 Å². The number of halogens is 2. The van der Waals surface area contributed by atoms with E-state index in [1.54, 1.807) is 6.07 Å². The Morgan fingerprint density at radius 2 is 2.14 bits per heavy atom. The van der Waals surface area contributed by atoms with Crippen LogP contribution in [0.1, 0.15) is 44.7 Å². The van der Waals surface area contributed by atoms with E-state index in [2.05, 4.69) is 41.3 Å². The first-order valence-electron chi connectivity index (χ1n) is 7.46. The highest BCUT2D eigenvalue weighted by atomic mass is 127. The van der Waals surface area contributed by atoms with E-state index in [1.807, 2.05) is 19.1 Å². The first-order valence-corrected chi connectivity index (χ1v) is 9.08. The highest BCUT2D eigenvalue weighted by molar-refractivity contribution is 14.1. The Kier molecular flexibility index (Phi) is 5.79. The normalized spacial score (nSPS) is 25.4. The molecule has 1 aromatic carbocycles. The lowest BCUT2D eigenvalue weighted by Gasteiger charge is -2.48. The van der Waals surface area contributed by atoms with Crippen LogP contribution in [0.3, 0.4) is 0 Å². The number of alkyl halides is 1. The molecule has 0 saturated heterocycles. The van der Waals surface area contributed by atoms with Crippen LogP contribution in [-0.4, -0.2) is 21.4 Å². The molecule has 0 amide bonds. The first kappa shape index (κ1) is 17.3. The summed E-state index contributed by atoms with van der Waals surface area (Å²) >= 11 is 8.39. The van der Waals surface area contributed by atoms with Crippen molar-refractivity contribution in [2.24, 2.45) is 0 Å². The molecule has 5 heteroatoms. The molecule has 1 aliphatic carbocycles. The Morgan fingerprint density at radius 3 is 2.67 bits per heavy atom. The summed E-state index contributed by atoms with van der Waals surface area (Å²) in [4.78, 5) is 2.97. The van der Waals surface area contributed by atoms with Gasteiger partial charge in [0, 0.05) is 11.8 Å². The lowest BCUT2D eigenvalue weighted by atomic mass is 9.63. The predicted molar refractivity (Wildman–Crippen MR) is 95.2 cm³/mol. The zero-order valence-electron chi connectivity index (χ0n) is 12.7. The van der Waals surface area contributed by atoms with Gasteiger partial charge in [-0.25, -0.2) is 4.84 Å². The Morgan fingerprint density at radius 1 is 1.48 bits per heavy atom. The Hall–Kier alpha value is -0.0400. The average Bonchev–Trinajstić information content (AvgIpc) is 2.45. The third kappa shape index (κ3) is 3.19. The average molecular weight is 424 g/mol. The summed E-state index contributed by atoms with van der Waals surface area (Å²) in [7, 11) is 0. The van der Waals surface area contributed by atoms with Crippen molar-refractivity contribution < 1.29 is 9.84 Å². The van der Waals surface area contributed by atoms with Gasteiger partial charge in [-0.05, 0) is 54.8 Å². The summed E-state index contributed by atoms with van der Waals surface area (Å²) in [6, 6.07) is 5.70. The number of rotatable bonds is 5. The van der Waals surface area contributed by atoms with Crippen molar-refractivity contribution in [2.75, 3.05) is 0 Å². The fraction of sp³-hybridized carbons (Fsp3) is 0.625. The summed E-state index contributed by atoms with van der Waals surface area (Å²) in [5, 5.41) is 9.90. The predicted octanol–water partition coefficient (Wildman–Crippen LogP) is 4.28. The molecule has 0 aromatic heterocycles. The van der Waals surface area contributed by atoms with Crippen LogP contribution >= 0.6 is 34.4 Å². The third-order valence-electron chi connectivity index (χ3n) is 4.76. The van der Waals surface area contributed by atoms with E-state index in [0.717, 1.165) is 19.3 Å². The largest absolute Gasteiger partial charge is 0.508 e. The fourth-order valence-electron chi connectivity index (χ4n) is 3.68. The van der Waals surface area contributed by atoms with Crippen molar-refractivity contribution in [3.8, 4) is 5.75 Å². The summed E-state index contributed by atoms with van der Waals surface area (Å²) in [5.41, 5.74) is 2.33. The Balaban J connectivity index is 2.54. The van der Waals surface area contributed by atoms with Crippen molar-refractivity contribution in [3.05, 3.63) is 29.3 Å². The van der Waals surface area contributed by atoms with Crippen molar-refractivity contribution in [1.82, 2.24) is 4.84 Å². The van der Waals surface area contributed by atoms with Crippen LogP contribution in [-0.2, 0) is 16.6 Å². The molecule has 0 fully saturated rings. The molecule has 2 rings (SSSR count). The molecular formula is C16H23ClINO2. The maximum Gasteiger partial charge on any atom is 0.115 e. The minimum absolute atomic E-state index is 0.0284. The fourth-order valence-corrected chi connectivity index (χ4v) is 4.40. The number of phenols is 1. The smallest absolute Gasteiger partial charge is 0.115 e. The number of fused-ring (bicyclic) bond motifs is 1. The van der Waals surface area contributed by atoms with E-state index in [1.165, 1.54) is 11.1 Å². The number of hydrogen-bond acceptors (Lipinski definition) is 3.